The average Bonchev–Trinajstić information content (AvgIpc) is 2.73. The molecule has 1 aliphatic heterocycles. The lowest BCUT2D eigenvalue weighted by molar-refractivity contribution is 0.111. The maximum Gasteiger partial charge on any atom is 0.224 e. The van der Waals surface area contributed by atoms with Crippen molar-refractivity contribution < 1.29 is 14.6 Å². The van der Waals surface area contributed by atoms with E-state index in [1.807, 2.05) is 44.4 Å². The number of halogens is 1. The number of nitrogens with zero attached hydrogens (tertiary/aromatic N) is 4. The number of anilines is 1. The SMILES string of the molecule is CCOc1cc2c(cc1OC)C(c1cnc(N(C)C)nc1)=N[C@@H]1CC[C@@H](O)C[C@H]21.Cl. The van der Waals surface area contributed by atoms with Gasteiger partial charge in [0.2, 0.25) is 5.95 Å². The summed E-state index contributed by atoms with van der Waals surface area (Å²) in [6.45, 7) is 2.52. The normalized spacial score (nSPS) is 22.2. The molecule has 0 amide bonds. The van der Waals surface area contributed by atoms with Crippen molar-refractivity contribution in [1.29, 1.82) is 0 Å². The lowest BCUT2D eigenvalue weighted by Gasteiger charge is -2.37. The number of benzene rings is 1. The fraction of sp³-hybridized carbons (Fsp3) is 0.500. The summed E-state index contributed by atoms with van der Waals surface area (Å²) in [7, 11) is 5.48. The van der Waals surface area contributed by atoms with E-state index in [0.717, 1.165) is 41.0 Å². The summed E-state index contributed by atoms with van der Waals surface area (Å²) >= 11 is 0. The number of fused-ring (bicyclic) bond motifs is 3. The summed E-state index contributed by atoms with van der Waals surface area (Å²) in [6.07, 6.45) is 5.71. The molecule has 0 unspecified atom stereocenters. The second-order valence-electron chi connectivity index (χ2n) is 7.81. The van der Waals surface area contributed by atoms with Crippen LogP contribution in [0.4, 0.5) is 5.95 Å². The second-order valence-corrected chi connectivity index (χ2v) is 7.81. The molecule has 1 N–H and O–H groups in total. The number of aliphatic hydroxyl groups is 1. The van der Waals surface area contributed by atoms with Crippen LogP contribution < -0.4 is 14.4 Å². The zero-order valence-electron chi connectivity index (χ0n) is 17.8. The average molecular weight is 433 g/mol. The van der Waals surface area contributed by atoms with Crippen LogP contribution in [0.15, 0.2) is 29.5 Å². The fourth-order valence-corrected chi connectivity index (χ4v) is 4.28. The van der Waals surface area contributed by atoms with E-state index >= 15 is 0 Å². The number of aliphatic imine (C=N–C) groups is 1. The molecule has 0 radical (unpaired) electrons. The highest BCUT2D eigenvalue weighted by Gasteiger charge is 2.37. The first-order chi connectivity index (χ1) is 14.0. The van der Waals surface area contributed by atoms with Crippen molar-refractivity contribution in [3.8, 4) is 11.5 Å². The minimum atomic E-state index is -0.291. The van der Waals surface area contributed by atoms with Crippen LogP contribution in [-0.2, 0) is 0 Å². The predicted molar refractivity (Wildman–Crippen MR) is 120 cm³/mol. The van der Waals surface area contributed by atoms with Crippen LogP contribution in [0.25, 0.3) is 0 Å². The third kappa shape index (κ3) is 4.09. The maximum atomic E-state index is 10.3. The van der Waals surface area contributed by atoms with Gasteiger partial charge in [0.1, 0.15) is 0 Å². The first-order valence-electron chi connectivity index (χ1n) is 10.1. The van der Waals surface area contributed by atoms with Crippen molar-refractivity contribution in [3.05, 3.63) is 41.2 Å². The molecule has 1 fully saturated rings. The number of ether oxygens (including phenoxy) is 2. The Morgan fingerprint density at radius 3 is 2.50 bits per heavy atom. The molecule has 3 atom stereocenters. The molecule has 1 aromatic heterocycles. The number of hydrogen-bond acceptors (Lipinski definition) is 7. The Balaban J connectivity index is 0.00000256. The van der Waals surface area contributed by atoms with Crippen molar-refractivity contribution in [2.24, 2.45) is 4.99 Å². The van der Waals surface area contributed by atoms with E-state index in [4.69, 9.17) is 14.5 Å². The summed E-state index contributed by atoms with van der Waals surface area (Å²) in [5.41, 5.74) is 3.92. The molecule has 1 aromatic carbocycles. The van der Waals surface area contributed by atoms with E-state index in [1.54, 1.807) is 7.11 Å². The van der Waals surface area contributed by atoms with Crippen molar-refractivity contribution in [2.75, 3.05) is 32.7 Å². The van der Waals surface area contributed by atoms with Gasteiger partial charge < -0.3 is 19.5 Å². The molecular formula is C22H29ClN4O3. The van der Waals surface area contributed by atoms with E-state index < -0.39 is 0 Å². The first-order valence-corrected chi connectivity index (χ1v) is 10.1. The monoisotopic (exact) mass is 432 g/mol. The van der Waals surface area contributed by atoms with Gasteiger partial charge in [0.05, 0.1) is 31.6 Å². The lowest BCUT2D eigenvalue weighted by Crippen LogP contribution is -2.34. The molecule has 0 saturated heterocycles. The number of rotatable bonds is 5. The van der Waals surface area contributed by atoms with Gasteiger partial charge in [-0.1, -0.05) is 0 Å². The van der Waals surface area contributed by atoms with Crippen LogP contribution >= 0.6 is 12.4 Å². The van der Waals surface area contributed by atoms with Gasteiger partial charge in [-0.2, -0.15) is 0 Å². The Morgan fingerprint density at radius 2 is 1.87 bits per heavy atom. The lowest BCUT2D eigenvalue weighted by atomic mass is 9.74. The first kappa shape index (κ1) is 22.3. The Labute approximate surface area is 183 Å². The van der Waals surface area contributed by atoms with Gasteiger partial charge in [-0.25, -0.2) is 9.97 Å². The Bertz CT molecular complexity index is 917. The zero-order valence-corrected chi connectivity index (χ0v) is 18.6. The van der Waals surface area contributed by atoms with Gasteiger partial charge >= 0.3 is 0 Å². The van der Waals surface area contributed by atoms with Crippen molar-refractivity contribution >= 4 is 24.1 Å². The van der Waals surface area contributed by atoms with E-state index in [0.29, 0.717) is 24.7 Å². The Kier molecular flexibility index (Phi) is 6.83. The van der Waals surface area contributed by atoms with Gasteiger partial charge in [0.25, 0.3) is 0 Å². The van der Waals surface area contributed by atoms with Crippen molar-refractivity contribution in [2.45, 2.75) is 44.2 Å². The van der Waals surface area contributed by atoms with Crippen LogP contribution in [0.2, 0.25) is 0 Å². The number of aliphatic hydroxyl groups excluding tert-OH is 1. The molecule has 2 aromatic rings. The van der Waals surface area contributed by atoms with E-state index in [9.17, 15) is 5.11 Å². The molecule has 30 heavy (non-hydrogen) atoms. The Hall–Kier alpha value is -2.38. The molecule has 1 aliphatic carbocycles. The smallest absolute Gasteiger partial charge is 0.224 e. The quantitative estimate of drug-likeness (QED) is 0.781. The van der Waals surface area contributed by atoms with Gasteiger partial charge in [-0.3, -0.25) is 4.99 Å². The summed E-state index contributed by atoms with van der Waals surface area (Å²) < 4.78 is 11.4. The fourth-order valence-electron chi connectivity index (χ4n) is 4.28. The van der Waals surface area contributed by atoms with Crippen LogP contribution in [-0.4, -0.2) is 60.7 Å². The molecule has 0 spiro atoms. The molecule has 4 rings (SSSR count). The van der Waals surface area contributed by atoms with Crippen LogP contribution in [0.1, 0.15) is 48.8 Å². The van der Waals surface area contributed by atoms with Gasteiger partial charge in [0, 0.05) is 43.5 Å². The van der Waals surface area contributed by atoms with Crippen LogP contribution in [0, 0.1) is 0 Å². The third-order valence-electron chi connectivity index (χ3n) is 5.68. The van der Waals surface area contributed by atoms with Crippen LogP contribution in [0.3, 0.4) is 0 Å². The molecule has 162 valence electrons. The molecule has 2 aliphatic rings. The third-order valence-corrected chi connectivity index (χ3v) is 5.68. The highest BCUT2D eigenvalue weighted by Crippen LogP contribution is 2.44. The van der Waals surface area contributed by atoms with Gasteiger partial charge in [0.15, 0.2) is 11.5 Å². The topological polar surface area (TPSA) is 80.1 Å². The predicted octanol–water partition coefficient (Wildman–Crippen LogP) is 3.22. The number of aromatic nitrogens is 2. The molecule has 2 heterocycles. The largest absolute Gasteiger partial charge is 0.493 e. The molecular weight excluding hydrogens is 404 g/mol. The number of methoxy groups -OCH3 is 1. The van der Waals surface area contributed by atoms with Crippen LogP contribution in [0.5, 0.6) is 11.5 Å². The summed E-state index contributed by atoms with van der Waals surface area (Å²) in [5, 5.41) is 10.3. The highest BCUT2D eigenvalue weighted by molar-refractivity contribution is 6.14. The van der Waals surface area contributed by atoms with E-state index in [-0.39, 0.29) is 30.5 Å². The second kappa shape index (κ2) is 9.18. The maximum absolute atomic E-state index is 10.3. The van der Waals surface area contributed by atoms with E-state index in [2.05, 4.69) is 16.0 Å². The van der Waals surface area contributed by atoms with Crippen molar-refractivity contribution in [3.63, 3.8) is 0 Å². The highest BCUT2D eigenvalue weighted by atomic mass is 35.5. The standard InChI is InChI=1S/C22H28N4O3.ClH/c1-5-29-20-9-15-16-8-14(27)6-7-18(16)25-21(17(15)10-19(20)28-4)13-11-23-22(24-12-13)26(2)3;/h9-12,14,16,18,27H,5-8H2,1-4H3;1H/t14-,16-,18-;/m1./s1. The minimum absolute atomic E-state index is 0. The molecule has 0 bridgehead atoms. The molecule has 7 nitrogen and oxygen atoms in total. The summed E-state index contributed by atoms with van der Waals surface area (Å²) in [6, 6.07) is 4.20. The molecule has 8 heteroatoms. The Morgan fingerprint density at radius 1 is 1.13 bits per heavy atom. The van der Waals surface area contributed by atoms with Crippen molar-refractivity contribution in [1.82, 2.24) is 9.97 Å². The van der Waals surface area contributed by atoms with Gasteiger partial charge in [-0.05, 0) is 43.9 Å². The zero-order chi connectivity index (χ0) is 20.5. The summed E-state index contributed by atoms with van der Waals surface area (Å²) in [4.78, 5) is 15.9. The summed E-state index contributed by atoms with van der Waals surface area (Å²) in [5.74, 6) is 2.24. The minimum Gasteiger partial charge on any atom is -0.493 e. The van der Waals surface area contributed by atoms with Gasteiger partial charge in [-0.15, -0.1) is 12.4 Å². The van der Waals surface area contributed by atoms with E-state index in [1.165, 1.54) is 0 Å². The molecule has 1 saturated carbocycles. The number of hydrogen-bond donors (Lipinski definition) is 1.